The number of hydrogen-bond acceptors (Lipinski definition) is 4. The van der Waals surface area contributed by atoms with Crippen LogP contribution in [0.3, 0.4) is 0 Å². The lowest BCUT2D eigenvalue weighted by Gasteiger charge is -2.12. The molecule has 0 N–H and O–H groups in total. The predicted octanol–water partition coefficient (Wildman–Crippen LogP) is 4.35. The number of rotatable bonds is 4. The molecule has 0 spiro atoms. The van der Waals surface area contributed by atoms with Gasteiger partial charge in [-0.25, -0.2) is 4.79 Å². The first-order chi connectivity index (χ1) is 11.0. The van der Waals surface area contributed by atoms with Crippen LogP contribution in [0, 0.1) is 0 Å². The van der Waals surface area contributed by atoms with Gasteiger partial charge in [-0.05, 0) is 61.5 Å². The quantitative estimate of drug-likeness (QED) is 0.463. The molecule has 3 nitrogen and oxygen atoms in total. The van der Waals surface area contributed by atoms with Gasteiger partial charge < -0.3 is 4.84 Å². The van der Waals surface area contributed by atoms with Gasteiger partial charge in [0, 0.05) is 4.88 Å². The number of oxime groups is 1. The monoisotopic (exact) mass is 343 g/mol. The number of unbranched alkanes of at least 4 members (excludes halogenated alkanes) is 1. The van der Waals surface area contributed by atoms with Crippen LogP contribution in [0.4, 0.5) is 13.2 Å². The van der Waals surface area contributed by atoms with Crippen LogP contribution in [-0.4, -0.2) is 17.9 Å². The fraction of sp³-hybridized carbons (Fsp3) is 0.500. The Morgan fingerprint density at radius 3 is 2.87 bits per heavy atom. The van der Waals surface area contributed by atoms with Crippen LogP contribution in [0.25, 0.3) is 0 Å². The maximum atomic E-state index is 12.7. The molecular weight excluding hydrogens is 327 g/mol. The highest BCUT2D eigenvalue weighted by molar-refractivity contribution is 7.10. The van der Waals surface area contributed by atoms with Crippen LogP contribution >= 0.6 is 11.3 Å². The zero-order valence-corrected chi connectivity index (χ0v) is 13.2. The maximum absolute atomic E-state index is 12.7. The van der Waals surface area contributed by atoms with Crippen LogP contribution in [0.5, 0.6) is 0 Å². The number of alkyl halides is 3. The molecule has 23 heavy (non-hydrogen) atoms. The van der Waals surface area contributed by atoms with E-state index in [1.54, 1.807) is 11.3 Å². The molecule has 124 valence electrons. The summed E-state index contributed by atoms with van der Waals surface area (Å²) < 4.78 is 38.1. The number of carbonyl (C=O) groups excluding carboxylic acids is 1. The van der Waals surface area contributed by atoms with Crippen LogP contribution in [0.1, 0.15) is 41.7 Å². The van der Waals surface area contributed by atoms with Crippen LogP contribution in [0.15, 0.2) is 22.2 Å². The van der Waals surface area contributed by atoms with E-state index in [0.29, 0.717) is 12.8 Å². The SMILES string of the molecule is O=C1ON=C(C(F)(F)F)/C1=C/CCCc1scc2c1CCCC2. The molecule has 0 unspecified atom stereocenters. The first-order valence-corrected chi connectivity index (χ1v) is 8.50. The van der Waals surface area contributed by atoms with Crippen LogP contribution in [-0.2, 0) is 28.9 Å². The van der Waals surface area contributed by atoms with Crippen LogP contribution in [0.2, 0.25) is 0 Å². The molecule has 2 heterocycles. The molecule has 0 saturated heterocycles. The third-order valence-corrected chi connectivity index (χ3v) is 5.25. The predicted molar refractivity (Wildman–Crippen MR) is 81.6 cm³/mol. The molecule has 0 radical (unpaired) electrons. The Morgan fingerprint density at radius 2 is 2.09 bits per heavy atom. The Labute approximate surface area is 135 Å². The normalized spacial score (nSPS) is 19.7. The first-order valence-electron chi connectivity index (χ1n) is 7.62. The van der Waals surface area contributed by atoms with Gasteiger partial charge in [0.2, 0.25) is 0 Å². The van der Waals surface area contributed by atoms with E-state index in [-0.39, 0.29) is 0 Å². The third-order valence-electron chi connectivity index (χ3n) is 4.11. The summed E-state index contributed by atoms with van der Waals surface area (Å²) in [7, 11) is 0. The van der Waals surface area contributed by atoms with Gasteiger partial charge in [-0.15, -0.1) is 11.3 Å². The minimum absolute atomic E-state index is 0.395. The summed E-state index contributed by atoms with van der Waals surface area (Å²) in [5, 5.41) is 5.03. The van der Waals surface area contributed by atoms with Gasteiger partial charge >= 0.3 is 12.1 Å². The lowest BCUT2D eigenvalue weighted by atomic mass is 9.93. The fourth-order valence-corrected chi connectivity index (χ4v) is 4.16. The smallest absolute Gasteiger partial charge is 0.312 e. The molecule has 3 rings (SSSR count). The summed E-state index contributed by atoms with van der Waals surface area (Å²) in [5.74, 6) is -1.02. The zero-order valence-electron chi connectivity index (χ0n) is 12.4. The van der Waals surface area contributed by atoms with Crippen molar-refractivity contribution in [2.24, 2.45) is 5.16 Å². The molecule has 0 aromatic carbocycles. The van der Waals surface area contributed by atoms with Crippen molar-refractivity contribution in [1.29, 1.82) is 0 Å². The topological polar surface area (TPSA) is 38.7 Å². The van der Waals surface area contributed by atoms with Gasteiger partial charge in [-0.3, -0.25) is 0 Å². The van der Waals surface area contributed by atoms with Gasteiger partial charge in [0.15, 0.2) is 5.71 Å². The van der Waals surface area contributed by atoms with E-state index in [4.69, 9.17) is 0 Å². The Balaban J connectivity index is 1.60. The summed E-state index contributed by atoms with van der Waals surface area (Å²) >= 11 is 1.74. The van der Waals surface area contributed by atoms with Crippen molar-refractivity contribution in [3.05, 3.63) is 33.0 Å². The number of aryl methyl sites for hydroxylation is 2. The van der Waals surface area contributed by atoms with Crippen molar-refractivity contribution < 1.29 is 22.8 Å². The summed E-state index contributed by atoms with van der Waals surface area (Å²) in [4.78, 5) is 16.8. The molecule has 1 aromatic rings. The Morgan fingerprint density at radius 1 is 1.30 bits per heavy atom. The number of nitrogens with zero attached hydrogens (tertiary/aromatic N) is 1. The van der Waals surface area contributed by atoms with Gasteiger partial charge in [-0.2, -0.15) is 13.2 Å². The molecule has 0 fully saturated rings. The van der Waals surface area contributed by atoms with Crippen molar-refractivity contribution in [3.63, 3.8) is 0 Å². The molecular formula is C16H16F3NO2S. The summed E-state index contributed by atoms with van der Waals surface area (Å²) in [6, 6.07) is 0. The Kier molecular flexibility index (Phi) is 4.57. The minimum Gasteiger partial charge on any atom is -0.312 e. The largest absolute Gasteiger partial charge is 0.437 e. The number of thiophene rings is 1. The second-order valence-electron chi connectivity index (χ2n) is 5.70. The van der Waals surface area contributed by atoms with Gasteiger partial charge in [0.25, 0.3) is 0 Å². The van der Waals surface area contributed by atoms with Gasteiger partial charge in [0.05, 0.1) is 5.57 Å². The molecule has 0 saturated carbocycles. The van der Waals surface area contributed by atoms with E-state index in [1.807, 2.05) is 0 Å². The van der Waals surface area contributed by atoms with E-state index in [9.17, 15) is 18.0 Å². The molecule has 7 heteroatoms. The average Bonchev–Trinajstić information content (AvgIpc) is 3.07. The maximum Gasteiger partial charge on any atom is 0.437 e. The third kappa shape index (κ3) is 3.49. The average molecular weight is 343 g/mol. The van der Waals surface area contributed by atoms with Crippen molar-refractivity contribution in [3.8, 4) is 0 Å². The lowest BCUT2D eigenvalue weighted by molar-refractivity contribution is -0.136. The molecule has 0 amide bonds. The second-order valence-corrected chi connectivity index (χ2v) is 6.66. The summed E-state index contributed by atoms with van der Waals surface area (Å²) in [6.45, 7) is 0. The van der Waals surface area contributed by atoms with Gasteiger partial charge in [-0.1, -0.05) is 11.2 Å². The number of halogens is 3. The molecule has 1 aliphatic carbocycles. The summed E-state index contributed by atoms with van der Waals surface area (Å²) in [6.07, 6.45) is 3.24. The van der Waals surface area contributed by atoms with E-state index in [1.165, 1.54) is 34.9 Å². The van der Waals surface area contributed by atoms with E-state index in [2.05, 4.69) is 15.4 Å². The fourth-order valence-electron chi connectivity index (χ4n) is 2.98. The van der Waals surface area contributed by atoms with Crippen molar-refractivity contribution in [2.75, 3.05) is 0 Å². The Bertz CT molecular complexity index is 673. The van der Waals surface area contributed by atoms with Crippen molar-refractivity contribution >= 4 is 23.0 Å². The van der Waals surface area contributed by atoms with E-state index in [0.717, 1.165) is 19.3 Å². The lowest BCUT2D eigenvalue weighted by Crippen LogP contribution is -2.24. The highest BCUT2D eigenvalue weighted by atomic mass is 32.1. The minimum atomic E-state index is -4.66. The second kappa shape index (κ2) is 6.47. The van der Waals surface area contributed by atoms with E-state index >= 15 is 0 Å². The van der Waals surface area contributed by atoms with Gasteiger partial charge in [0.1, 0.15) is 0 Å². The highest BCUT2D eigenvalue weighted by Crippen LogP contribution is 2.31. The Hall–Kier alpha value is -1.63. The number of carbonyl (C=O) groups is 1. The first kappa shape index (κ1) is 16.2. The zero-order chi connectivity index (χ0) is 16.4. The molecule has 0 atom stereocenters. The van der Waals surface area contributed by atoms with Crippen LogP contribution < -0.4 is 0 Å². The van der Waals surface area contributed by atoms with E-state index < -0.39 is 23.4 Å². The van der Waals surface area contributed by atoms with Crippen molar-refractivity contribution in [2.45, 2.75) is 51.1 Å². The standard InChI is InChI=1S/C16H16F3NO2S/c17-16(18,19)14-12(15(21)22-20-14)7-3-4-8-13-11-6-2-1-5-10(11)9-23-13/h7,9H,1-6,8H2/b12-7-. The van der Waals surface area contributed by atoms with Crippen molar-refractivity contribution in [1.82, 2.24) is 0 Å². The highest BCUT2D eigenvalue weighted by Gasteiger charge is 2.45. The molecule has 1 aliphatic heterocycles. The number of allylic oxidation sites excluding steroid dienone is 1. The molecule has 2 aliphatic rings. The number of fused-ring (bicyclic) bond motifs is 1. The number of hydrogen-bond donors (Lipinski definition) is 0. The summed E-state index contributed by atoms with van der Waals surface area (Å²) in [5.41, 5.74) is 1.17. The molecule has 1 aromatic heterocycles. The molecule has 0 bridgehead atoms.